The minimum atomic E-state index is 0.0466. The molecule has 2 aromatic heterocycles. The Kier molecular flexibility index (Phi) is 3.91. The summed E-state index contributed by atoms with van der Waals surface area (Å²) >= 11 is 0. The SMILES string of the molecule is O=c1ccccn1CCCNc1ccccn1. The van der Waals surface area contributed by atoms with Crippen molar-refractivity contribution in [1.29, 1.82) is 0 Å². The lowest BCUT2D eigenvalue weighted by molar-refractivity contribution is 0.638. The van der Waals surface area contributed by atoms with Gasteiger partial charge in [-0.25, -0.2) is 4.98 Å². The number of rotatable bonds is 5. The molecule has 0 bridgehead atoms. The summed E-state index contributed by atoms with van der Waals surface area (Å²) in [5.74, 6) is 0.868. The molecule has 4 heteroatoms. The molecule has 0 aliphatic carbocycles. The van der Waals surface area contributed by atoms with Gasteiger partial charge in [0.25, 0.3) is 0 Å². The van der Waals surface area contributed by atoms with E-state index in [0.717, 1.165) is 25.3 Å². The van der Waals surface area contributed by atoms with Gasteiger partial charge in [0.2, 0.25) is 5.56 Å². The predicted octanol–water partition coefficient (Wildman–Crippen LogP) is 1.75. The van der Waals surface area contributed by atoms with Crippen LogP contribution in [0, 0.1) is 0 Å². The van der Waals surface area contributed by atoms with Gasteiger partial charge in [-0.2, -0.15) is 0 Å². The summed E-state index contributed by atoms with van der Waals surface area (Å²) in [6, 6.07) is 10.9. The highest BCUT2D eigenvalue weighted by molar-refractivity contribution is 5.32. The Morgan fingerprint density at radius 3 is 2.82 bits per heavy atom. The van der Waals surface area contributed by atoms with Crippen LogP contribution in [0.25, 0.3) is 0 Å². The van der Waals surface area contributed by atoms with Gasteiger partial charge in [-0.1, -0.05) is 12.1 Å². The number of hydrogen-bond donors (Lipinski definition) is 1. The zero-order valence-electron chi connectivity index (χ0n) is 9.54. The Balaban J connectivity index is 1.78. The number of pyridine rings is 2. The van der Waals surface area contributed by atoms with Gasteiger partial charge in [0.1, 0.15) is 5.82 Å². The zero-order valence-corrected chi connectivity index (χ0v) is 9.54. The van der Waals surface area contributed by atoms with E-state index in [-0.39, 0.29) is 5.56 Å². The lowest BCUT2D eigenvalue weighted by Gasteiger charge is -2.06. The van der Waals surface area contributed by atoms with Gasteiger partial charge in [0.05, 0.1) is 0 Å². The van der Waals surface area contributed by atoms with Crippen molar-refractivity contribution in [2.75, 3.05) is 11.9 Å². The Hall–Kier alpha value is -2.10. The number of nitrogens with one attached hydrogen (secondary N) is 1. The van der Waals surface area contributed by atoms with E-state index in [1.165, 1.54) is 0 Å². The fourth-order valence-corrected chi connectivity index (χ4v) is 1.58. The highest BCUT2D eigenvalue weighted by atomic mass is 16.1. The normalized spacial score (nSPS) is 10.1. The third-order valence-electron chi connectivity index (χ3n) is 2.45. The fraction of sp³-hybridized carbons (Fsp3) is 0.231. The topological polar surface area (TPSA) is 46.9 Å². The van der Waals surface area contributed by atoms with Crippen LogP contribution in [0.15, 0.2) is 53.6 Å². The molecule has 4 nitrogen and oxygen atoms in total. The molecule has 0 radical (unpaired) electrons. The third kappa shape index (κ3) is 3.45. The van der Waals surface area contributed by atoms with Gasteiger partial charge >= 0.3 is 0 Å². The van der Waals surface area contributed by atoms with Gasteiger partial charge in [-0.15, -0.1) is 0 Å². The third-order valence-corrected chi connectivity index (χ3v) is 2.45. The molecule has 0 saturated heterocycles. The van der Waals surface area contributed by atoms with Crippen LogP contribution in [0.1, 0.15) is 6.42 Å². The Morgan fingerprint density at radius 2 is 2.06 bits per heavy atom. The molecule has 0 amide bonds. The quantitative estimate of drug-likeness (QED) is 0.794. The molecule has 0 unspecified atom stereocenters. The van der Waals surface area contributed by atoms with E-state index in [2.05, 4.69) is 10.3 Å². The van der Waals surface area contributed by atoms with Crippen molar-refractivity contribution in [3.8, 4) is 0 Å². The van der Waals surface area contributed by atoms with Crippen LogP contribution >= 0.6 is 0 Å². The predicted molar refractivity (Wildman–Crippen MR) is 68.0 cm³/mol. The Labute approximate surface area is 99.9 Å². The minimum Gasteiger partial charge on any atom is -0.370 e. The van der Waals surface area contributed by atoms with Crippen molar-refractivity contribution >= 4 is 5.82 Å². The summed E-state index contributed by atoms with van der Waals surface area (Å²) in [4.78, 5) is 15.6. The molecule has 0 aliphatic rings. The summed E-state index contributed by atoms with van der Waals surface area (Å²) in [5.41, 5.74) is 0.0466. The first-order chi connectivity index (χ1) is 8.36. The Bertz CT molecular complexity index is 507. The van der Waals surface area contributed by atoms with Gasteiger partial charge < -0.3 is 9.88 Å². The van der Waals surface area contributed by atoms with Crippen molar-refractivity contribution in [1.82, 2.24) is 9.55 Å². The van der Waals surface area contributed by atoms with Crippen LogP contribution in [0.5, 0.6) is 0 Å². The molecule has 0 aliphatic heterocycles. The number of aromatic nitrogens is 2. The molecule has 0 spiro atoms. The van der Waals surface area contributed by atoms with Crippen molar-refractivity contribution in [2.24, 2.45) is 0 Å². The number of anilines is 1. The summed E-state index contributed by atoms with van der Waals surface area (Å²) in [6.45, 7) is 1.53. The fourth-order valence-electron chi connectivity index (χ4n) is 1.58. The molecule has 2 aromatic rings. The second-order valence-electron chi connectivity index (χ2n) is 3.73. The largest absolute Gasteiger partial charge is 0.370 e. The maximum atomic E-state index is 11.4. The summed E-state index contributed by atoms with van der Waals surface area (Å²) in [5, 5.41) is 3.21. The molecule has 1 N–H and O–H groups in total. The second kappa shape index (κ2) is 5.84. The van der Waals surface area contributed by atoms with E-state index >= 15 is 0 Å². The van der Waals surface area contributed by atoms with Crippen LogP contribution in [-0.4, -0.2) is 16.1 Å². The van der Waals surface area contributed by atoms with E-state index in [0.29, 0.717) is 0 Å². The first-order valence-corrected chi connectivity index (χ1v) is 5.66. The number of nitrogens with zero attached hydrogens (tertiary/aromatic N) is 2. The lowest BCUT2D eigenvalue weighted by atomic mass is 10.3. The standard InChI is InChI=1S/C13H15N3O/c17-13-7-2-4-10-16(13)11-5-9-15-12-6-1-3-8-14-12/h1-4,6-8,10H,5,9,11H2,(H,14,15). The number of aryl methyl sites for hydroxylation is 1. The molecule has 17 heavy (non-hydrogen) atoms. The zero-order chi connectivity index (χ0) is 11.9. The minimum absolute atomic E-state index is 0.0466. The molecule has 2 rings (SSSR count). The highest BCUT2D eigenvalue weighted by Crippen LogP contribution is 1.99. The van der Waals surface area contributed by atoms with Crippen LogP contribution in [-0.2, 0) is 6.54 Å². The average molecular weight is 229 g/mol. The molecule has 0 fully saturated rings. The molecule has 0 aromatic carbocycles. The molecule has 88 valence electrons. The number of hydrogen-bond acceptors (Lipinski definition) is 3. The maximum Gasteiger partial charge on any atom is 0.250 e. The molecular formula is C13H15N3O. The van der Waals surface area contributed by atoms with E-state index in [4.69, 9.17) is 0 Å². The molecule has 0 saturated carbocycles. The monoisotopic (exact) mass is 229 g/mol. The van der Waals surface area contributed by atoms with Gasteiger partial charge in [0.15, 0.2) is 0 Å². The van der Waals surface area contributed by atoms with Crippen molar-refractivity contribution < 1.29 is 0 Å². The molecule has 0 atom stereocenters. The van der Waals surface area contributed by atoms with E-state index in [9.17, 15) is 4.79 Å². The van der Waals surface area contributed by atoms with Crippen molar-refractivity contribution in [3.63, 3.8) is 0 Å². The van der Waals surface area contributed by atoms with E-state index in [1.54, 1.807) is 22.9 Å². The van der Waals surface area contributed by atoms with Gasteiger partial charge in [-0.05, 0) is 24.6 Å². The van der Waals surface area contributed by atoms with Crippen LogP contribution in [0.3, 0.4) is 0 Å². The molecule has 2 heterocycles. The van der Waals surface area contributed by atoms with Crippen molar-refractivity contribution in [2.45, 2.75) is 13.0 Å². The summed E-state index contributed by atoms with van der Waals surface area (Å²) < 4.78 is 1.71. The smallest absolute Gasteiger partial charge is 0.250 e. The van der Waals surface area contributed by atoms with Crippen LogP contribution in [0.2, 0.25) is 0 Å². The van der Waals surface area contributed by atoms with Crippen LogP contribution in [0.4, 0.5) is 5.82 Å². The maximum absolute atomic E-state index is 11.4. The van der Waals surface area contributed by atoms with Crippen LogP contribution < -0.4 is 10.9 Å². The van der Waals surface area contributed by atoms with Gasteiger partial charge in [-0.3, -0.25) is 4.79 Å². The summed E-state index contributed by atoms with van der Waals surface area (Å²) in [7, 11) is 0. The molecular weight excluding hydrogens is 214 g/mol. The average Bonchev–Trinajstić information content (AvgIpc) is 2.38. The highest BCUT2D eigenvalue weighted by Gasteiger charge is 1.94. The lowest BCUT2D eigenvalue weighted by Crippen LogP contribution is -2.19. The van der Waals surface area contributed by atoms with E-state index in [1.807, 2.05) is 30.5 Å². The first-order valence-electron chi connectivity index (χ1n) is 5.66. The first kappa shape index (κ1) is 11.4. The Morgan fingerprint density at radius 1 is 1.18 bits per heavy atom. The second-order valence-corrected chi connectivity index (χ2v) is 3.73. The van der Waals surface area contributed by atoms with E-state index < -0.39 is 0 Å². The van der Waals surface area contributed by atoms with Crippen molar-refractivity contribution in [3.05, 3.63) is 59.1 Å². The summed E-state index contributed by atoms with van der Waals surface area (Å²) in [6.07, 6.45) is 4.45. The van der Waals surface area contributed by atoms with Gasteiger partial charge in [0, 0.05) is 31.5 Å².